The van der Waals surface area contributed by atoms with Crippen LogP contribution in [-0.2, 0) is 6.54 Å². The minimum Gasteiger partial charge on any atom is -0.491 e. The van der Waals surface area contributed by atoms with Gasteiger partial charge in [0.2, 0.25) is 5.28 Å². The summed E-state index contributed by atoms with van der Waals surface area (Å²) in [5.74, 6) is 1.54. The lowest BCUT2D eigenvalue weighted by atomic mass is 10.2. The minimum absolute atomic E-state index is 0.192. The Bertz CT molecular complexity index is 606. The average Bonchev–Trinajstić information content (AvgIpc) is 2.63. The molecule has 1 aliphatic rings. The molecule has 19 heavy (non-hydrogen) atoms. The third-order valence-corrected chi connectivity index (χ3v) is 3.40. The molecule has 0 bridgehead atoms. The Kier molecular flexibility index (Phi) is 3.44. The molecular weight excluding hydrogens is 285 g/mol. The van der Waals surface area contributed by atoms with E-state index < -0.39 is 0 Å². The summed E-state index contributed by atoms with van der Waals surface area (Å²) in [6.45, 7) is 1.96. The number of hydrogen-bond acceptors (Lipinski definition) is 4. The lowest BCUT2D eigenvalue weighted by Gasteiger charge is -2.21. The third kappa shape index (κ3) is 2.60. The molecule has 0 atom stereocenters. The molecule has 1 aromatic heterocycles. The molecule has 0 radical (unpaired) electrons. The fraction of sp³-hybridized carbons (Fsp3) is 0.231. The van der Waals surface area contributed by atoms with Crippen LogP contribution in [0, 0.1) is 0 Å². The van der Waals surface area contributed by atoms with Crippen molar-refractivity contribution in [2.75, 3.05) is 18.1 Å². The number of fused-ring (bicyclic) bond motifs is 1. The van der Waals surface area contributed by atoms with Crippen LogP contribution in [0.25, 0.3) is 0 Å². The molecule has 6 heteroatoms. The highest BCUT2D eigenvalue weighted by atomic mass is 35.5. The van der Waals surface area contributed by atoms with Gasteiger partial charge in [0.15, 0.2) is 5.82 Å². The van der Waals surface area contributed by atoms with E-state index in [4.69, 9.17) is 27.9 Å². The van der Waals surface area contributed by atoms with Crippen molar-refractivity contribution in [1.82, 2.24) is 9.97 Å². The van der Waals surface area contributed by atoms with Gasteiger partial charge in [0.05, 0.1) is 12.7 Å². The van der Waals surface area contributed by atoms with Crippen molar-refractivity contribution in [3.8, 4) is 5.75 Å². The molecule has 0 aliphatic carbocycles. The van der Waals surface area contributed by atoms with Crippen LogP contribution in [0.15, 0.2) is 30.5 Å². The van der Waals surface area contributed by atoms with Crippen LogP contribution < -0.4 is 9.64 Å². The van der Waals surface area contributed by atoms with Crippen LogP contribution in [0.5, 0.6) is 5.75 Å². The van der Waals surface area contributed by atoms with Crippen LogP contribution in [0.2, 0.25) is 10.3 Å². The summed E-state index contributed by atoms with van der Waals surface area (Å²) in [6, 6.07) is 7.95. The average molecular weight is 296 g/mol. The third-order valence-electron chi connectivity index (χ3n) is 2.95. The molecule has 1 aromatic carbocycles. The van der Waals surface area contributed by atoms with E-state index in [1.165, 1.54) is 6.20 Å². The Balaban J connectivity index is 1.96. The van der Waals surface area contributed by atoms with Gasteiger partial charge in [-0.25, -0.2) is 4.98 Å². The molecule has 0 spiro atoms. The highest BCUT2D eigenvalue weighted by Gasteiger charge is 2.19. The van der Waals surface area contributed by atoms with E-state index >= 15 is 0 Å². The first-order valence-corrected chi connectivity index (χ1v) is 6.63. The van der Waals surface area contributed by atoms with Gasteiger partial charge in [-0.15, -0.1) is 0 Å². The van der Waals surface area contributed by atoms with Crippen molar-refractivity contribution in [2.24, 2.45) is 0 Å². The van der Waals surface area contributed by atoms with E-state index in [-0.39, 0.29) is 5.28 Å². The fourth-order valence-electron chi connectivity index (χ4n) is 2.07. The van der Waals surface area contributed by atoms with Crippen molar-refractivity contribution in [3.05, 3.63) is 46.3 Å². The maximum absolute atomic E-state index is 6.14. The monoisotopic (exact) mass is 295 g/mol. The smallest absolute Gasteiger partial charge is 0.224 e. The molecular formula is C13H11Cl2N3O. The molecule has 0 fully saturated rings. The molecule has 2 heterocycles. The molecule has 0 amide bonds. The number of hydrogen-bond donors (Lipinski definition) is 0. The molecule has 0 saturated heterocycles. The Morgan fingerprint density at radius 1 is 1.21 bits per heavy atom. The number of anilines is 1. The van der Waals surface area contributed by atoms with Gasteiger partial charge in [-0.2, -0.15) is 4.98 Å². The number of aromatic nitrogens is 2. The normalized spacial score (nSPS) is 14.5. The summed E-state index contributed by atoms with van der Waals surface area (Å²) in [6.07, 6.45) is 1.52. The zero-order chi connectivity index (χ0) is 13.2. The molecule has 0 N–H and O–H groups in total. The molecule has 2 aromatic rings. The predicted molar refractivity (Wildman–Crippen MR) is 75.0 cm³/mol. The second-order valence-corrected chi connectivity index (χ2v) is 4.93. The summed E-state index contributed by atoms with van der Waals surface area (Å²) >= 11 is 12.0. The Morgan fingerprint density at radius 3 is 2.95 bits per heavy atom. The highest BCUT2D eigenvalue weighted by molar-refractivity contribution is 6.33. The van der Waals surface area contributed by atoms with E-state index in [1.807, 2.05) is 29.2 Å². The Morgan fingerprint density at radius 2 is 2.05 bits per heavy atom. The van der Waals surface area contributed by atoms with E-state index in [2.05, 4.69) is 9.97 Å². The van der Waals surface area contributed by atoms with Crippen LogP contribution in [-0.4, -0.2) is 23.1 Å². The highest BCUT2D eigenvalue weighted by Crippen LogP contribution is 2.29. The van der Waals surface area contributed by atoms with Gasteiger partial charge in [-0.3, -0.25) is 0 Å². The number of benzene rings is 1. The van der Waals surface area contributed by atoms with Crippen LogP contribution >= 0.6 is 23.2 Å². The van der Waals surface area contributed by atoms with Crippen molar-refractivity contribution < 1.29 is 4.74 Å². The number of halogens is 2. The summed E-state index contributed by atoms with van der Waals surface area (Å²) in [5, 5.41) is 0.682. The summed E-state index contributed by atoms with van der Waals surface area (Å²) in [4.78, 5) is 10.1. The SMILES string of the molecule is Clc1ncc(Cl)c(N2CCOc3ccccc3C2)n1. The molecule has 1 aliphatic heterocycles. The van der Waals surface area contributed by atoms with Crippen LogP contribution in [0.3, 0.4) is 0 Å². The summed E-state index contributed by atoms with van der Waals surface area (Å²) in [5.41, 5.74) is 1.10. The standard InChI is InChI=1S/C13H11Cl2N3O/c14-10-7-16-13(15)17-12(10)18-5-6-19-11-4-2-1-3-9(11)8-18/h1-4,7H,5-6,8H2. The van der Waals surface area contributed by atoms with Crippen molar-refractivity contribution in [2.45, 2.75) is 6.54 Å². The lowest BCUT2D eigenvalue weighted by molar-refractivity contribution is 0.331. The molecule has 0 saturated carbocycles. The van der Waals surface area contributed by atoms with E-state index in [1.54, 1.807) is 0 Å². The lowest BCUT2D eigenvalue weighted by Crippen LogP contribution is -2.26. The van der Waals surface area contributed by atoms with Gasteiger partial charge in [-0.05, 0) is 17.7 Å². The van der Waals surface area contributed by atoms with Gasteiger partial charge >= 0.3 is 0 Å². The van der Waals surface area contributed by atoms with Crippen LogP contribution in [0.1, 0.15) is 5.56 Å². The first kappa shape index (κ1) is 12.5. The zero-order valence-electron chi connectivity index (χ0n) is 10.0. The fourth-order valence-corrected chi connectivity index (χ4v) is 2.41. The predicted octanol–water partition coefficient (Wildman–Crippen LogP) is 3.18. The van der Waals surface area contributed by atoms with E-state index in [0.29, 0.717) is 30.5 Å². The number of nitrogens with zero attached hydrogens (tertiary/aromatic N) is 3. The van der Waals surface area contributed by atoms with Gasteiger partial charge in [0.25, 0.3) is 0 Å². The van der Waals surface area contributed by atoms with Gasteiger partial charge < -0.3 is 9.64 Å². The van der Waals surface area contributed by atoms with Gasteiger partial charge in [-0.1, -0.05) is 29.8 Å². The first-order valence-electron chi connectivity index (χ1n) is 5.88. The maximum atomic E-state index is 6.14. The molecule has 3 rings (SSSR count). The van der Waals surface area contributed by atoms with Crippen molar-refractivity contribution in [3.63, 3.8) is 0 Å². The Labute approximate surface area is 120 Å². The molecule has 4 nitrogen and oxygen atoms in total. The molecule has 0 unspecified atom stereocenters. The zero-order valence-corrected chi connectivity index (χ0v) is 11.5. The second kappa shape index (κ2) is 5.23. The summed E-state index contributed by atoms with van der Waals surface area (Å²) in [7, 11) is 0. The molecule has 98 valence electrons. The first-order chi connectivity index (χ1) is 9.24. The quantitative estimate of drug-likeness (QED) is 0.758. The van der Waals surface area contributed by atoms with Crippen LogP contribution in [0.4, 0.5) is 5.82 Å². The Hall–Kier alpha value is -1.52. The van der Waals surface area contributed by atoms with E-state index in [9.17, 15) is 0 Å². The second-order valence-electron chi connectivity index (χ2n) is 4.19. The largest absolute Gasteiger partial charge is 0.491 e. The maximum Gasteiger partial charge on any atom is 0.224 e. The number of rotatable bonds is 1. The van der Waals surface area contributed by atoms with E-state index in [0.717, 1.165) is 11.3 Å². The van der Waals surface area contributed by atoms with Gasteiger partial charge in [0.1, 0.15) is 17.4 Å². The number of para-hydroxylation sites is 1. The minimum atomic E-state index is 0.192. The van der Waals surface area contributed by atoms with Crippen molar-refractivity contribution in [1.29, 1.82) is 0 Å². The number of ether oxygens (including phenoxy) is 1. The summed E-state index contributed by atoms with van der Waals surface area (Å²) < 4.78 is 5.71. The topological polar surface area (TPSA) is 38.2 Å². The van der Waals surface area contributed by atoms with Crippen molar-refractivity contribution >= 4 is 29.0 Å². The van der Waals surface area contributed by atoms with Gasteiger partial charge in [0, 0.05) is 12.1 Å².